The zero-order valence-corrected chi connectivity index (χ0v) is 6.75. The van der Waals surface area contributed by atoms with Crippen molar-refractivity contribution in [3.8, 4) is 0 Å². The van der Waals surface area contributed by atoms with Gasteiger partial charge in [0.1, 0.15) is 0 Å². The first-order valence-corrected chi connectivity index (χ1v) is 3.53. The third-order valence-corrected chi connectivity index (χ3v) is 1.42. The van der Waals surface area contributed by atoms with Gasteiger partial charge in [-0.1, -0.05) is 5.11 Å². The third-order valence-electron chi connectivity index (χ3n) is 1.42. The molecule has 72 valence electrons. The number of hydrogen-bond acceptors (Lipinski definition) is 3. The van der Waals surface area contributed by atoms with Crippen LogP contribution in [0.2, 0.25) is 0 Å². The summed E-state index contributed by atoms with van der Waals surface area (Å²) in [6.45, 7) is -0.209. The highest BCUT2D eigenvalue weighted by molar-refractivity contribution is 5.72. The second-order valence-electron chi connectivity index (χ2n) is 2.38. The lowest BCUT2D eigenvalue weighted by atomic mass is 10.0. The normalized spacial score (nSPS) is 11.4. The van der Waals surface area contributed by atoms with Crippen molar-refractivity contribution in [3.63, 3.8) is 0 Å². The molecule has 7 nitrogen and oxygen atoms in total. The van der Waals surface area contributed by atoms with Gasteiger partial charge in [0.25, 0.3) is 0 Å². The molecule has 0 aromatic rings. The lowest BCUT2D eigenvalue weighted by molar-refractivity contribution is -0.142. The number of nitrogens with zero attached hydrogens (tertiary/aromatic N) is 3. The Bertz CT molecular complexity index is 246. The van der Waals surface area contributed by atoms with E-state index in [2.05, 4.69) is 10.0 Å². The van der Waals surface area contributed by atoms with Crippen LogP contribution in [0.5, 0.6) is 0 Å². The van der Waals surface area contributed by atoms with E-state index in [-0.39, 0.29) is 19.4 Å². The summed E-state index contributed by atoms with van der Waals surface area (Å²) < 4.78 is 0. The molecule has 13 heavy (non-hydrogen) atoms. The Hall–Kier alpha value is -1.75. The van der Waals surface area contributed by atoms with E-state index in [1.165, 1.54) is 0 Å². The molecule has 0 fully saturated rings. The molecule has 0 amide bonds. The summed E-state index contributed by atoms with van der Waals surface area (Å²) in [6.07, 6.45) is -0.262. The second-order valence-corrected chi connectivity index (χ2v) is 2.38. The summed E-state index contributed by atoms with van der Waals surface area (Å²) in [5, 5.41) is 19.9. The van der Waals surface area contributed by atoms with Crippen LogP contribution in [0, 0.1) is 5.92 Å². The van der Waals surface area contributed by atoms with Gasteiger partial charge in [-0.25, -0.2) is 0 Å². The van der Waals surface area contributed by atoms with E-state index in [0.717, 1.165) is 0 Å². The molecule has 0 saturated heterocycles. The zero-order valence-electron chi connectivity index (χ0n) is 6.75. The first kappa shape index (κ1) is 11.2. The van der Waals surface area contributed by atoms with Crippen molar-refractivity contribution < 1.29 is 19.8 Å². The fourth-order valence-corrected chi connectivity index (χ4v) is 0.726. The lowest BCUT2D eigenvalue weighted by Gasteiger charge is -2.05. The molecule has 0 radical (unpaired) electrons. The monoisotopic (exact) mass is 187 g/mol. The Balaban J connectivity index is 4.01. The smallest absolute Gasteiger partial charge is 0.306 e. The molecule has 1 unspecified atom stereocenters. The Morgan fingerprint density at radius 2 is 2.08 bits per heavy atom. The summed E-state index contributed by atoms with van der Waals surface area (Å²) in [4.78, 5) is 22.9. The van der Waals surface area contributed by atoms with Crippen LogP contribution in [0.1, 0.15) is 12.8 Å². The summed E-state index contributed by atoms with van der Waals surface area (Å²) in [7, 11) is 0. The molecule has 0 heterocycles. The number of azide groups is 1. The first-order chi connectivity index (χ1) is 6.07. The molecular weight excluding hydrogens is 178 g/mol. The van der Waals surface area contributed by atoms with E-state index < -0.39 is 17.9 Å². The Labute approximate surface area is 73.6 Å². The van der Waals surface area contributed by atoms with Gasteiger partial charge in [-0.2, -0.15) is 0 Å². The van der Waals surface area contributed by atoms with Crippen LogP contribution in [-0.4, -0.2) is 28.7 Å². The third kappa shape index (κ3) is 5.51. The topological polar surface area (TPSA) is 123 Å². The maximum absolute atomic E-state index is 10.4. The average Bonchev–Trinajstić information content (AvgIpc) is 2.03. The van der Waals surface area contributed by atoms with E-state index in [1.54, 1.807) is 0 Å². The van der Waals surface area contributed by atoms with Gasteiger partial charge in [0.15, 0.2) is 0 Å². The number of aliphatic carboxylic acids is 2. The maximum atomic E-state index is 10.4. The van der Waals surface area contributed by atoms with Gasteiger partial charge in [-0.3, -0.25) is 9.59 Å². The van der Waals surface area contributed by atoms with Crippen molar-refractivity contribution in [3.05, 3.63) is 10.4 Å². The van der Waals surface area contributed by atoms with Crippen LogP contribution in [0.25, 0.3) is 10.4 Å². The van der Waals surface area contributed by atoms with E-state index >= 15 is 0 Å². The Morgan fingerprint density at radius 1 is 1.46 bits per heavy atom. The standard InChI is InChI=1S/C6H9N3O4/c7-9-8-3-4(6(12)13)1-2-5(10)11/h4H,1-3H2,(H,10,11)(H,12,13). The molecule has 0 spiro atoms. The van der Waals surface area contributed by atoms with Gasteiger partial charge in [-0.15, -0.1) is 0 Å². The van der Waals surface area contributed by atoms with E-state index in [9.17, 15) is 9.59 Å². The van der Waals surface area contributed by atoms with Gasteiger partial charge in [-0.05, 0) is 12.0 Å². The zero-order chi connectivity index (χ0) is 10.3. The van der Waals surface area contributed by atoms with Crippen LogP contribution in [0.3, 0.4) is 0 Å². The van der Waals surface area contributed by atoms with Gasteiger partial charge in [0, 0.05) is 17.9 Å². The molecule has 0 aliphatic rings. The molecule has 0 saturated carbocycles. The largest absolute Gasteiger partial charge is 0.481 e. The number of hydrogen-bond donors (Lipinski definition) is 2. The molecule has 0 aliphatic carbocycles. The highest BCUT2D eigenvalue weighted by atomic mass is 16.4. The number of carbonyl (C=O) groups is 2. The van der Waals surface area contributed by atoms with Crippen LogP contribution in [0.15, 0.2) is 5.11 Å². The number of carboxylic acid groups (broad SMARTS) is 2. The van der Waals surface area contributed by atoms with Crippen LogP contribution in [-0.2, 0) is 9.59 Å². The molecular formula is C6H9N3O4. The minimum Gasteiger partial charge on any atom is -0.481 e. The van der Waals surface area contributed by atoms with Gasteiger partial charge < -0.3 is 10.2 Å². The van der Waals surface area contributed by atoms with Gasteiger partial charge in [0.2, 0.25) is 0 Å². The van der Waals surface area contributed by atoms with E-state index in [0.29, 0.717) is 0 Å². The lowest BCUT2D eigenvalue weighted by Crippen LogP contribution is -2.17. The summed E-state index contributed by atoms with van der Waals surface area (Å²) in [6, 6.07) is 0. The number of carboxylic acids is 2. The molecule has 0 bridgehead atoms. The molecule has 1 atom stereocenters. The molecule has 2 N–H and O–H groups in total. The predicted molar refractivity (Wildman–Crippen MR) is 42.0 cm³/mol. The molecule has 0 rings (SSSR count). The summed E-state index contributed by atoms with van der Waals surface area (Å²) >= 11 is 0. The average molecular weight is 187 g/mol. The van der Waals surface area contributed by atoms with Crippen molar-refractivity contribution >= 4 is 11.9 Å². The molecule has 7 heteroatoms. The van der Waals surface area contributed by atoms with Crippen LogP contribution < -0.4 is 0 Å². The minimum atomic E-state index is -1.14. The van der Waals surface area contributed by atoms with Crippen LogP contribution >= 0.6 is 0 Å². The quantitative estimate of drug-likeness (QED) is 0.363. The van der Waals surface area contributed by atoms with E-state index in [1.807, 2.05) is 0 Å². The van der Waals surface area contributed by atoms with Crippen molar-refractivity contribution in [2.45, 2.75) is 12.8 Å². The highest BCUT2D eigenvalue weighted by Gasteiger charge is 2.17. The summed E-state index contributed by atoms with van der Waals surface area (Å²) in [5.74, 6) is -3.12. The fourth-order valence-electron chi connectivity index (χ4n) is 0.726. The maximum Gasteiger partial charge on any atom is 0.306 e. The fraction of sp³-hybridized carbons (Fsp3) is 0.667. The van der Waals surface area contributed by atoms with Crippen LogP contribution in [0.4, 0.5) is 0 Å². The van der Waals surface area contributed by atoms with Crippen molar-refractivity contribution in [1.29, 1.82) is 0 Å². The molecule has 0 aliphatic heterocycles. The van der Waals surface area contributed by atoms with Crippen molar-refractivity contribution in [2.24, 2.45) is 11.0 Å². The van der Waals surface area contributed by atoms with E-state index in [4.69, 9.17) is 15.7 Å². The molecule has 0 aromatic heterocycles. The number of rotatable bonds is 6. The minimum absolute atomic E-state index is 0.0241. The van der Waals surface area contributed by atoms with Crippen molar-refractivity contribution in [2.75, 3.05) is 6.54 Å². The second kappa shape index (κ2) is 5.84. The van der Waals surface area contributed by atoms with Gasteiger partial charge >= 0.3 is 11.9 Å². The van der Waals surface area contributed by atoms with Crippen molar-refractivity contribution in [1.82, 2.24) is 0 Å². The first-order valence-electron chi connectivity index (χ1n) is 3.53. The highest BCUT2D eigenvalue weighted by Crippen LogP contribution is 2.07. The SMILES string of the molecule is [N-]=[N+]=NCC(CCC(=O)O)C(=O)O. The molecule has 0 aromatic carbocycles. The predicted octanol–water partition coefficient (Wildman–Crippen LogP) is 0.862. The summed E-state index contributed by atoms with van der Waals surface area (Å²) in [5.41, 5.74) is 7.92. The van der Waals surface area contributed by atoms with Gasteiger partial charge in [0.05, 0.1) is 5.92 Å². The Kier molecular flexibility index (Phi) is 5.06. The Morgan fingerprint density at radius 3 is 2.46 bits per heavy atom.